The summed E-state index contributed by atoms with van der Waals surface area (Å²) in [5.74, 6) is 4.17. The van der Waals surface area contributed by atoms with Crippen molar-refractivity contribution in [3.63, 3.8) is 0 Å². The van der Waals surface area contributed by atoms with Gasteiger partial charge in [0.2, 0.25) is 12.7 Å². The zero-order valence-corrected chi connectivity index (χ0v) is 23.5. The largest absolute Gasteiger partial charge is 0.454 e. The Balaban J connectivity index is 1.04. The zero-order valence-electron chi connectivity index (χ0n) is 23.5. The number of aryl methyl sites for hydroxylation is 1. The minimum Gasteiger partial charge on any atom is -0.454 e. The van der Waals surface area contributed by atoms with Crippen LogP contribution < -0.4 is 14.8 Å². The Kier molecular flexibility index (Phi) is 6.73. The lowest BCUT2D eigenvalue weighted by molar-refractivity contribution is -0.135. The first kappa shape index (κ1) is 25.9. The third-order valence-electron chi connectivity index (χ3n) is 10.6. The van der Waals surface area contributed by atoms with Crippen LogP contribution in [0.4, 0.5) is 11.4 Å². The van der Waals surface area contributed by atoms with E-state index in [1.165, 1.54) is 11.1 Å². The SMILES string of the molecule is C[C@]12CC[C@@H]3c4ccc(Nc5ccc6c(c5)OCO6)cc4CC[C@H]3[C@@H]1[C@@H](CCCC(=O)N1CCOCC1)CC2=O. The first-order valence-electron chi connectivity index (χ1n) is 15.2. The molecule has 0 aromatic heterocycles. The van der Waals surface area contributed by atoms with Gasteiger partial charge in [0.15, 0.2) is 11.5 Å². The second-order valence-corrected chi connectivity index (χ2v) is 12.7. The van der Waals surface area contributed by atoms with Crippen molar-refractivity contribution in [2.45, 2.75) is 64.2 Å². The average Bonchev–Trinajstić information content (AvgIpc) is 3.54. The molecule has 5 atom stereocenters. The fourth-order valence-corrected chi connectivity index (χ4v) is 8.61. The number of carbonyl (C=O) groups is 2. The Morgan fingerprint density at radius 3 is 2.73 bits per heavy atom. The number of rotatable bonds is 6. The van der Waals surface area contributed by atoms with Gasteiger partial charge in [0.1, 0.15) is 5.78 Å². The summed E-state index contributed by atoms with van der Waals surface area (Å²) in [4.78, 5) is 28.0. The second-order valence-electron chi connectivity index (χ2n) is 12.7. The van der Waals surface area contributed by atoms with Crippen molar-refractivity contribution >= 4 is 23.1 Å². The number of morpholine rings is 1. The highest BCUT2D eigenvalue weighted by Gasteiger charge is 2.58. The first-order chi connectivity index (χ1) is 19.5. The number of amides is 1. The van der Waals surface area contributed by atoms with E-state index in [4.69, 9.17) is 14.2 Å². The van der Waals surface area contributed by atoms with Gasteiger partial charge in [-0.1, -0.05) is 13.0 Å². The summed E-state index contributed by atoms with van der Waals surface area (Å²) in [6.45, 7) is 5.23. The third kappa shape index (κ3) is 4.56. The Morgan fingerprint density at radius 2 is 1.85 bits per heavy atom. The van der Waals surface area contributed by atoms with Gasteiger partial charge in [-0.25, -0.2) is 0 Å². The lowest BCUT2D eigenvalue weighted by Gasteiger charge is -2.50. The number of ether oxygens (including phenoxy) is 3. The first-order valence-corrected chi connectivity index (χ1v) is 15.2. The molecule has 2 aromatic carbocycles. The standard InChI is InChI=1S/C33H40N2O5/c1-33-12-11-26-25-9-6-23(34-24-7-10-28-29(19-24)40-20-39-28)17-21(25)5-8-27(26)32(33)22(18-30(33)36)3-2-4-31(37)35-13-15-38-16-14-35/h6-7,9-10,17,19,22,26-27,32,34H,2-5,8,11-16,18,20H2,1H3/t22-,26+,27+,32-,33+/m0/s1. The van der Waals surface area contributed by atoms with Crippen molar-refractivity contribution in [2.75, 3.05) is 38.4 Å². The van der Waals surface area contributed by atoms with Crippen LogP contribution >= 0.6 is 0 Å². The van der Waals surface area contributed by atoms with E-state index in [1.54, 1.807) is 0 Å². The topological polar surface area (TPSA) is 77.1 Å². The Bertz CT molecular complexity index is 1300. The quantitative estimate of drug-likeness (QED) is 0.493. The van der Waals surface area contributed by atoms with Gasteiger partial charge in [-0.3, -0.25) is 9.59 Å². The van der Waals surface area contributed by atoms with Crippen LogP contribution in [0, 0.1) is 23.2 Å². The van der Waals surface area contributed by atoms with E-state index in [9.17, 15) is 9.59 Å². The number of hydrogen-bond acceptors (Lipinski definition) is 6. The third-order valence-corrected chi connectivity index (χ3v) is 10.6. The van der Waals surface area contributed by atoms with Crippen molar-refractivity contribution in [3.8, 4) is 11.5 Å². The molecule has 0 radical (unpaired) electrons. The molecule has 2 aliphatic heterocycles. The molecule has 7 heteroatoms. The lowest BCUT2D eigenvalue weighted by atomic mass is 9.54. The summed E-state index contributed by atoms with van der Waals surface area (Å²) < 4.78 is 16.4. The second kappa shape index (κ2) is 10.4. The van der Waals surface area contributed by atoms with E-state index in [2.05, 4.69) is 30.4 Å². The number of nitrogens with one attached hydrogen (secondary N) is 1. The van der Waals surface area contributed by atoms with Crippen LogP contribution in [-0.2, 0) is 20.7 Å². The van der Waals surface area contributed by atoms with Crippen LogP contribution in [0.3, 0.4) is 0 Å². The molecule has 7 nitrogen and oxygen atoms in total. The summed E-state index contributed by atoms with van der Waals surface area (Å²) in [5.41, 5.74) is 4.81. The number of carbonyl (C=O) groups excluding carboxylic acids is 2. The molecule has 0 spiro atoms. The molecule has 0 bridgehead atoms. The minimum atomic E-state index is -0.196. The van der Waals surface area contributed by atoms with Gasteiger partial charge >= 0.3 is 0 Å². The molecule has 7 rings (SSSR count). The number of hydrogen-bond donors (Lipinski definition) is 1. The van der Waals surface area contributed by atoms with E-state index < -0.39 is 0 Å². The van der Waals surface area contributed by atoms with Gasteiger partial charge in [-0.2, -0.15) is 0 Å². The summed E-state index contributed by atoms with van der Waals surface area (Å²) in [6, 6.07) is 12.8. The number of nitrogens with zero attached hydrogens (tertiary/aromatic N) is 1. The summed E-state index contributed by atoms with van der Waals surface area (Å²) in [7, 11) is 0. The van der Waals surface area contributed by atoms with Gasteiger partial charge in [-0.15, -0.1) is 0 Å². The number of anilines is 2. The fourth-order valence-electron chi connectivity index (χ4n) is 8.61. The number of Topliss-reactive ketones (excluding diaryl/α,β-unsaturated/α-hetero) is 1. The summed E-state index contributed by atoms with van der Waals surface area (Å²) in [6.07, 6.45) is 7.41. The van der Waals surface area contributed by atoms with E-state index in [-0.39, 0.29) is 18.1 Å². The Labute approximate surface area is 236 Å². The van der Waals surface area contributed by atoms with E-state index in [0.29, 0.717) is 68.6 Å². The van der Waals surface area contributed by atoms with Gasteiger partial charge < -0.3 is 24.4 Å². The zero-order chi connectivity index (χ0) is 27.3. The number of benzene rings is 2. The maximum Gasteiger partial charge on any atom is 0.231 e. The van der Waals surface area contributed by atoms with Crippen LogP contribution in [0.5, 0.6) is 11.5 Å². The van der Waals surface area contributed by atoms with Gasteiger partial charge in [0.05, 0.1) is 13.2 Å². The Hall–Kier alpha value is -3.06. The molecule has 2 aromatic rings. The molecule has 3 aliphatic carbocycles. The van der Waals surface area contributed by atoms with E-state index in [1.807, 2.05) is 23.1 Å². The predicted molar refractivity (Wildman–Crippen MR) is 152 cm³/mol. The maximum absolute atomic E-state index is 13.4. The van der Waals surface area contributed by atoms with E-state index in [0.717, 1.165) is 61.4 Å². The molecule has 1 N–H and O–H groups in total. The van der Waals surface area contributed by atoms with Crippen molar-refractivity contribution in [1.29, 1.82) is 0 Å². The van der Waals surface area contributed by atoms with Crippen LogP contribution in [0.1, 0.15) is 68.9 Å². The molecule has 40 heavy (non-hydrogen) atoms. The van der Waals surface area contributed by atoms with Gasteiger partial charge in [-0.05, 0) is 97.6 Å². The number of ketones is 1. The van der Waals surface area contributed by atoms with Gasteiger partial charge in [0, 0.05) is 48.8 Å². The maximum atomic E-state index is 13.4. The molecule has 212 valence electrons. The molecule has 0 unspecified atom stereocenters. The van der Waals surface area contributed by atoms with E-state index >= 15 is 0 Å². The smallest absolute Gasteiger partial charge is 0.231 e. The fraction of sp³-hybridized carbons (Fsp3) is 0.576. The summed E-state index contributed by atoms with van der Waals surface area (Å²) in [5, 5.41) is 3.55. The van der Waals surface area contributed by atoms with Gasteiger partial charge in [0.25, 0.3) is 0 Å². The van der Waals surface area contributed by atoms with Crippen molar-refractivity contribution in [2.24, 2.45) is 23.2 Å². The monoisotopic (exact) mass is 544 g/mol. The normalized spacial score (nSPS) is 30.4. The van der Waals surface area contributed by atoms with Crippen molar-refractivity contribution < 1.29 is 23.8 Å². The highest BCUT2D eigenvalue weighted by Crippen LogP contribution is 2.62. The molecule has 2 saturated carbocycles. The molecule has 5 aliphatic rings. The van der Waals surface area contributed by atoms with Crippen LogP contribution in [0.15, 0.2) is 36.4 Å². The molecule has 3 fully saturated rings. The predicted octanol–water partition coefficient (Wildman–Crippen LogP) is 5.84. The van der Waals surface area contributed by atoms with Crippen molar-refractivity contribution in [3.05, 3.63) is 47.5 Å². The molecule has 1 saturated heterocycles. The highest BCUT2D eigenvalue weighted by molar-refractivity contribution is 5.87. The highest BCUT2D eigenvalue weighted by atomic mass is 16.7. The van der Waals surface area contributed by atoms with Crippen molar-refractivity contribution in [1.82, 2.24) is 4.90 Å². The average molecular weight is 545 g/mol. The Morgan fingerprint density at radius 1 is 1.05 bits per heavy atom. The molecule has 1 amide bonds. The summed E-state index contributed by atoms with van der Waals surface area (Å²) >= 11 is 0. The van der Waals surface area contributed by atoms with Crippen LogP contribution in [0.2, 0.25) is 0 Å². The minimum absolute atomic E-state index is 0.196. The molecule has 2 heterocycles. The van der Waals surface area contributed by atoms with Crippen LogP contribution in [-0.4, -0.2) is 49.7 Å². The van der Waals surface area contributed by atoms with Crippen LogP contribution in [0.25, 0.3) is 0 Å². The molecular weight excluding hydrogens is 504 g/mol. The lowest BCUT2D eigenvalue weighted by Crippen LogP contribution is -2.44. The number of fused-ring (bicyclic) bond motifs is 6. The molecular formula is C33H40N2O5.